The van der Waals surface area contributed by atoms with Gasteiger partial charge in [-0.3, -0.25) is 0 Å². The number of phenols is 1. The molecule has 0 radical (unpaired) electrons. The van der Waals surface area contributed by atoms with Gasteiger partial charge in [-0.05, 0) is 31.0 Å². The van der Waals surface area contributed by atoms with E-state index < -0.39 is 0 Å². The number of β-amino-alcohol motifs (C(OH)–C–C–N with tert-alkyl or cyclic N) is 1. The number of aromatic hydroxyl groups is 1. The Bertz CT molecular complexity index is 948. The highest BCUT2D eigenvalue weighted by Crippen LogP contribution is 2.35. The van der Waals surface area contributed by atoms with Gasteiger partial charge in [0.1, 0.15) is 17.4 Å². The Hall–Kier alpha value is -2.38. The lowest BCUT2D eigenvalue weighted by Gasteiger charge is -2.15. The van der Waals surface area contributed by atoms with Crippen molar-refractivity contribution in [2.24, 2.45) is 7.05 Å². The van der Waals surface area contributed by atoms with E-state index in [0.717, 1.165) is 18.5 Å². The second-order valence-electron chi connectivity index (χ2n) is 6.38. The van der Waals surface area contributed by atoms with Gasteiger partial charge in [0, 0.05) is 25.2 Å². The number of aliphatic hydroxyl groups excluding tert-OH is 1. The molecule has 2 aromatic heterocycles. The standard InChI is InChI=1S/C17H18ClN5O2/c1-9-5-10(18)6-12(25)14(9)16-21-15-17(22(16)2)19-7-13(20-15)23-4-3-11(24)8-23/h5-7,11,24-25H,3-4,8H2,1-2H3/t11-/m0/s1. The Morgan fingerprint density at radius 3 is 2.76 bits per heavy atom. The molecule has 1 aliphatic heterocycles. The van der Waals surface area contributed by atoms with Crippen LogP contribution in [0.5, 0.6) is 5.75 Å². The van der Waals surface area contributed by atoms with E-state index in [1.165, 1.54) is 6.07 Å². The lowest BCUT2D eigenvalue weighted by atomic mass is 10.1. The fourth-order valence-corrected chi connectivity index (χ4v) is 3.56. The second kappa shape index (κ2) is 5.86. The summed E-state index contributed by atoms with van der Waals surface area (Å²) in [6, 6.07) is 3.29. The van der Waals surface area contributed by atoms with Crippen LogP contribution in [0.25, 0.3) is 22.7 Å². The zero-order valence-electron chi connectivity index (χ0n) is 13.9. The molecule has 3 heterocycles. The van der Waals surface area contributed by atoms with Crippen LogP contribution in [-0.4, -0.2) is 48.9 Å². The van der Waals surface area contributed by atoms with Crippen molar-refractivity contribution < 1.29 is 10.2 Å². The minimum atomic E-state index is -0.328. The molecule has 4 rings (SSSR count). The normalized spacial score (nSPS) is 17.6. The number of fused-ring (bicyclic) bond motifs is 1. The summed E-state index contributed by atoms with van der Waals surface area (Å²) in [5.74, 6) is 1.36. The number of halogens is 1. The van der Waals surface area contributed by atoms with Gasteiger partial charge in [-0.15, -0.1) is 0 Å². The van der Waals surface area contributed by atoms with E-state index in [-0.39, 0.29) is 11.9 Å². The Kier molecular flexibility index (Phi) is 3.77. The lowest BCUT2D eigenvalue weighted by Crippen LogP contribution is -2.22. The van der Waals surface area contributed by atoms with Crippen LogP contribution in [0.15, 0.2) is 18.3 Å². The molecule has 3 aromatic rings. The van der Waals surface area contributed by atoms with Crippen molar-refractivity contribution in [3.05, 3.63) is 28.9 Å². The molecule has 0 saturated carbocycles. The quantitative estimate of drug-likeness (QED) is 0.729. The SMILES string of the molecule is Cc1cc(Cl)cc(O)c1-c1nc2nc(N3CC[C@H](O)C3)cnc2n1C. The molecule has 8 heteroatoms. The Morgan fingerprint density at radius 2 is 2.08 bits per heavy atom. The fourth-order valence-electron chi connectivity index (χ4n) is 3.29. The first kappa shape index (κ1) is 16.1. The first-order chi connectivity index (χ1) is 11.9. The van der Waals surface area contributed by atoms with Crippen LogP contribution in [0.1, 0.15) is 12.0 Å². The van der Waals surface area contributed by atoms with Crippen molar-refractivity contribution in [3.63, 3.8) is 0 Å². The van der Waals surface area contributed by atoms with E-state index in [1.807, 2.05) is 18.9 Å². The predicted molar refractivity (Wildman–Crippen MR) is 96.0 cm³/mol. The molecule has 1 saturated heterocycles. The van der Waals surface area contributed by atoms with Gasteiger partial charge in [-0.2, -0.15) is 0 Å². The van der Waals surface area contributed by atoms with Crippen molar-refractivity contribution in [1.82, 2.24) is 19.5 Å². The average Bonchev–Trinajstić information content (AvgIpc) is 3.11. The summed E-state index contributed by atoms with van der Waals surface area (Å²) in [4.78, 5) is 15.6. The minimum absolute atomic E-state index is 0.0753. The zero-order valence-corrected chi connectivity index (χ0v) is 14.7. The summed E-state index contributed by atoms with van der Waals surface area (Å²) in [5.41, 5.74) is 2.58. The van der Waals surface area contributed by atoms with Crippen LogP contribution in [-0.2, 0) is 7.05 Å². The van der Waals surface area contributed by atoms with E-state index >= 15 is 0 Å². The molecule has 0 unspecified atom stereocenters. The summed E-state index contributed by atoms with van der Waals surface area (Å²) in [5, 5.41) is 20.5. The molecule has 0 bridgehead atoms. The zero-order chi connectivity index (χ0) is 17.7. The third kappa shape index (κ3) is 2.69. The van der Waals surface area contributed by atoms with Crippen LogP contribution >= 0.6 is 11.6 Å². The highest BCUT2D eigenvalue weighted by Gasteiger charge is 2.23. The average molecular weight is 360 g/mol. The van der Waals surface area contributed by atoms with Gasteiger partial charge in [-0.1, -0.05) is 11.6 Å². The van der Waals surface area contributed by atoms with Crippen LogP contribution < -0.4 is 4.90 Å². The van der Waals surface area contributed by atoms with Crippen molar-refractivity contribution in [2.45, 2.75) is 19.4 Å². The Morgan fingerprint density at radius 1 is 1.28 bits per heavy atom. The summed E-state index contributed by atoms with van der Waals surface area (Å²) < 4.78 is 1.81. The molecule has 25 heavy (non-hydrogen) atoms. The highest BCUT2D eigenvalue weighted by atomic mass is 35.5. The van der Waals surface area contributed by atoms with Crippen molar-refractivity contribution in [3.8, 4) is 17.1 Å². The molecule has 0 spiro atoms. The number of imidazole rings is 1. The third-order valence-electron chi connectivity index (χ3n) is 4.56. The molecule has 1 aromatic carbocycles. The van der Waals surface area contributed by atoms with Crippen LogP contribution in [0.4, 0.5) is 5.82 Å². The molecule has 2 N–H and O–H groups in total. The number of hydrogen-bond donors (Lipinski definition) is 2. The van der Waals surface area contributed by atoms with Gasteiger partial charge in [-0.25, -0.2) is 15.0 Å². The van der Waals surface area contributed by atoms with Crippen LogP contribution in [0.2, 0.25) is 5.02 Å². The summed E-state index contributed by atoms with van der Waals surface area (Å²) in [6.45, 7) is 3.17. The lowest BCUT2D eigenvalue weighted by molar-refractivity contribution is 0.198. The molecule has 1 aliphatic rings. The van der Waals surface area contributed by atoms with Crippen molar-refractivity contribution in [2.75, 3.05) is 18.0 Å². The van der Waals surface area contributed by atoms with E-state index in [1.54, 1.807) is 16.8 Å². The fraction of sp³-hybridized carbons (Fsp3) is 0.353. The molecule has 7 nitrogen and oxygen atoms in total. The van der Waals surface area contributed by atoms with E-state index in [4.69, 9.17) is 11.6 Å². The van der Waals surface area contributed by atoms with E-state index in [2.05, 4.69) is 15.0 Å². The third-order valence-corrected chi connectivity index (χ3v) is 4.78. The Balaban J connectivity index is 1.83. The number of hydrogen-bond acceptors (Lipinski definition) is 6. The van der Waals surface area contributed by atoms with Crippen molar-refractivity contribution in [1.29, 1.82) is 0 Å². The number of aromatic nitrogens is 4. The first-order valence-electron chi connectivity index (χ1n) is 8.06. The molecule has 130 valence electrons. The number of phenolic OH excluding ortho intramolecular Hbond substituents is 1. The van der Waals surface area contributed by atoms with Gasteiger partial charge in [0.25, 0.3) is 0 Å². The monoisotopic (exact) mass is 359 g/mol. The molecule has 1 fully saturated rings. The van der Waals surface area contributed by atoms with E-state index in [0.29, 0.717) is 40.1 Å². The smallest absolute Gasteiger partial charge is 0.200 e. The van der Waals surface area contributed by atoms with Crippen LogP contribution in [0, 0.1) is 6.92 Å². The van der Waals surface area contributed by atoms with Gasteiger partial charge < -0.3 is 19.7 Å². The van der Waals surface area contributed by atoms with E-state index in [9.17, 15) is 10.2 Å². The van der Waals surface area contributed by atoms with Gasteiger partial charge >= 0.3 is 0 Å². The minimum Gasteiger partial charge on any atom is -0.507 e. The number of aliphatic hydroxyl groups is 1. The number of anilines is 1. The summed E-state index contributed by atoms with van der Waals surface area (Å²) >= 11 is 6.00. The molecule has 1 atom stereocenters. The molecule has 0 aliphatic carbocycles. The summed E-state index contributed by atoms with van der Waals surface area (Å²) in [6.07, 6.45) is 2.09. The molecular formula is C17H18ClN5O2. The second-order valence-corrected chi connectivity index (χ2v) is 6.81. The van der Waals surface area contributed by atoms with Crippen molar-refractivity contribution >= 4 is 28.7 Å². The largest absolute Gasteiger partial charge is 0.507 e. The number of benzene rings is 1. The number of nitrogens with zero attached hydrogens (tertiary/aromatic N) is 5. The van der Waals surface area contributed by atoms with Crippen LogP contribution in [0.3, 0.4) is 0 Å². The van der Waals surface area contributed by atoms with Gasteiger partial charge in [0.2, 0.25) is 0 Å². The first-order valence-corrected chi connectivity index (χ1v) is 8.44. The highest BCUT2D eigenvalue weighted by molar-refractivity contribution is 6.31. The summed E-state index contributed by atoms with van der Waals surface area (Å²) in [7, 11) is 1.84. The number of rotatable bonds is 2. The van der Waals surface area contributed by atoms with Gasteiger partial charge in [0.05, 0.1) is 17.9 Å². The van der Waals surface area contributed by atoms with Gasteiger partial charge in [0.15, 0.2) is 11.3 Å². The molecule has 0 amide bonds. The molecular weight excluding hydrogens is 342 g/mol. The number of aryl methyl sites for hydroxylation is 2. The maximum absolute atomic E-state index is 10.3. The topological polar surface area (TPSA) is 87.3 Å². The maximum atomic E-state index is 10.3. The maximum Gasteiger partial charge on any atom is 0.200 e. The Labute approximate surface area is 149 Å². The predicted octanol–water partition coefficient (Wildman–Crippen LogP) is 2.27.